The minimum absolute atomic E-state index is 0.273. The Morgan fingerprint density at radius 2 is 2.29 bits per heavy atom. The highest BCUT2D eigenvalue weighted by molar-refractivity contribution is 5.60. The monoisotopic (exact) mass is 188 g/mol. The van der Waals surface area contributed by atoms with E-state index in [1.54, 1.807) is 18.3 Å². The van der Waals surface area contributed by atoms with Gasteiger partial charge in [-0.1, -0.05) is 19.1 Å². The number of aromatic amines is 1. The van der Waals surface area contributed by atoms with Crippen molar-refractivity contribution in [1.29, 1.82) is 0 Å². The summed E-state index contributed by atoms with van der Waals surface area (Å²) in [7, 11) is 0. The van der Waals surface area contributed by atoms with Crippen LogP contribution >= 0.6 is 0 Å². The highest BCUT2D eigenvalue weighted by Crippen LogP contribution is 2.21. The molecule has 72 valence electrons. The fourth-order valence-electron chi connectivity index (χ4n) is 1.36. The van der Waals surface area contributed by atoms with Crippen LogP contribution in [0.5, 0.6) is 5.75 Å². The second-order valence-electron chi connectivity index (χ2n) is 3.15. The molecule has 14 heavy (non-hydrogen) atoms. The van der Waals surface area contributed by atoms with Crippen molar-refractivity contribution in [1.82, 2.24) is 9.97 Å². The first-order valence-corrected chi connectivity index (χ1v) is 4.63. The molecule has 0 aliphatic rings. The quantitative estimate of drug-likeness (QED) is 0.760. The van der Waals surface area contributed by atoms with Crippen LogP contribution in [-0.4, -0.2) is 15.1 Å². The number of rotatable bonds is 2. The molecular formula is C11H12N2O. The van der Waals surface area contributed by atoms with E-state index < -0.39 is 0 Å². The van der Waals surface area contributed by atoms with Gasteiger partial charge in [-0.25, -0.2) is 4.98 Å². The molecule has 0 aliphatic heterocycles. The molecule has 0 saturated carbocycles. The first-order valence-electron chi connectivity index (χ1n) is 4.63. The molecule has 0 bridgehead atoms. The minimum atomic E-state index is 0.273. The van der Waals surface area contributed by atoms with Crippen molar-refractivity contribution in [3.63, 3.8) is 0 Å². The molecule has 2 aromatic rings. The van der Waals surface area contributed by atoms with Gasteiger partial charge in [-0.3, -0.25) is 0 Å². The van der Waals surface area contributed by atoms with E-state index in [0.717, 1.165) is 23.5 Å². The van der Waals surface area contributed by atoms with E-state index in [-0.39, 0.29) is 5.75 Å². The maximum Gasteiger partial charge on any atom is 0.116 e. The summed E-state index contributed by atoms with van der Waals surface area (Å²) < 4.78 is 0. The zero-order valence-electron chi connectivity index (χ0n) is 7.99. The van der Waals surface area contributed by atoms with Crippen LogP contribution in [0.25, 0.3) is 11.3 Å². The Morgan fingerprint density at radius 3 is 2.93 bits per heavy atom. The third-order valence-corrected chi connectivity index (χ3v) is 2.12. The number of hydrogen-bond donors (Lipinski definition) is 2. The fourth-order valence-corrected chi connectivity index (χ4v) is 1.36. The van der Waals surface area contributed by atoms with Crippen molar-refractivity contribution in [3.05, 3.63) is 36.3 Å². The van der Waals surface area contributed by atoms with Crippen LogP contribution in [0.15, 0.2) is 30.5 Å². The number of aromatic hydroxyl groups is 1. The summed E-state index contributed by atoms with van der Waals surface area (Å²) in [6, 6.07) is 7.12. The first kappa shape index (κ1) is 8.81. The van der Waals surface area contributed by atoms with Gasteiger partial charge in [0.05, 0.1) is 11.9 Å². The summed E-state index contributed by atoms with van der Waals surface area (Å²) >= 11 is 0. The molecule has 0 unspecified atom stereocenters. The van der Waals surface area contributed by atoms with E-state index in [4.69, 9.17) is 0 Å². The van der Waals surface area contributed by atoms with Gasteiger partial charge < -0.3 is 10.1 Å². The first-order chi connectivity index (χ1) is 6.79. The highest BCUT2D eigenvalue weighted by atomic mass is 16.3. The van der Waals surface area contributed by atoms with Gasteiger partial charge >= 0.3 is 0 Å². The van der Waals surface area contributed by atoms with Crippen LogP contribution in [0.2, 0.25) is 0 Å². The van der Waals surface area contributed by atoms with Gasteiger partial charge in [-0.2, -0.15) is 0 Å². The minimum Gasteiger partial charge on any atom is -0.508 e. The van der Waals surface area contributed by atoms with Crippen LogP contribution in [0.4, 0.5) is 0 Å². The smallest absolute Gasteiger partial charge is 0.116 e. The van der Waals surface area contributed by atoms with Crippen LogP contribution in [0, 0.1) is 0 Å². The number of benzene rings is 1. The highest BCUT2D eigenvalue weighted by Gasteiger charge is 2.01. The molecule has 1 aromatic heterocycles. The van der Waals surface area contributed by atoms with E-state index in [0.29, 0.717) is 0 Å². The lowest BCUT2D eigenvalue weighted by Gasteiger charge is -1.97. The molecule has 3 heteroatoms. The molecule has 0 spiro atoms. The molecule has 0 amide bonds. The van der Waals surface area contributed by atoms with Gasteiger partial charge in [0.1, 0.15) is 11.6 Å². The van der Waals surface area contributed by atoms with E-state index in [1.165, 1.54) is 0 Å². The van der Waals surface area contributed by atoms with Crippen molar-refractivity contribution < 1.29 is 5.11 Å². The Balaban J connectivity index is 2.39. The molecule has 0 aliphatic carbocycles. The third kappa shape index (κ3) is 1.62. The van der Waals surface area contributed by atoms with Crippen molar-refractivity contribution in [3.8, 4) is 17.0 Å². The van der Waals surface area contributed by atoms with Gasteiger partial charge in [0.2, 0.25) is 0 Å². The molecule has 3 nitrogen and oxygen atoms in total. The second-order valence-corrected chi connectivity index (χ2v) is 3.15. The van der Waals surface area contributed by atoms with Gasteiger partial charge in [0.25, 0.3) is 0 Å². The Labute approximate surface area is 82.4 Å². The molecular weight excluding hydrogens is 176 g/mol. The largest absolute Gasteiger partial charge is 0.508 e. The molecule has 0 fully saturated rings. The van der Waals surface area contributed by atoms with Crippen molar-refractivity contribution >= 4 is 0 Å². The van der Waals surface area contributed by atoms with E-state index in [9.17, 15) is 5.11 Å². The van der Waals surface area contributed by atoms with Gasteiger partial charge in [0, 0.05) is 12.0 Å². The Hall–Kier alpha value is -1.77. The zero-order valence-corrected chi connectivity index (χ0v) is 7.99. The normalized spacial score (nSPS) is 10.4. The molecule has 1 aromatic carbocycles. The van der Waals surface area contributed by atoms with E-state index in [2.05, 4.69) is 9.97 Å². The predicted octanol–water partition coefficient (Wildman–Crippen LogP) is 2.34. The lowest BCUT2D eigenvalue weighted by Crippen LogP contribution is -1.82. The summed E-state index contributed by atoms with van der Waals surface area (Å²) in [5.41, 5.74) is 1.90. The summed E-state index contributed by atoms with van der Waals surface area (Å²) in [6.07, 6.45) is 2.67. The van der Waals surface area contributed by atoms with Crippen LogP contribution in [-0.2, 0) is 6.42 Å². The zero-order chi connectivity index (χ0) is 9.97. The molecule has 0 radical (unpaired) electrons. The molecule has 0 saturated heterocycles. The average molecular weight is 188 g/mol. The number of hydrogen-bond acceptors (Lipinski definition) is 2. The molecule has 2 N–H and O–H groups in total. The maximum absolute atomic E-state index is 9.30. The van der Waals surface area contributed by atoms with E-state index >= 15 is 0 Å². The van der Waals surface area contributed by atoms with E-state index in [1.807, 2.05) is 19.1 Å². The fraction of sp³-hybridized carbons (Fsp3) is 0.182. The SMILES string of the molecule is CCc1ncc(-c2cccc(O)c2)[nH]1. The van der Waals surface area contributed by atoms with Gasteiger partial charge in [0.15, 0.2) is 0 Å². The summed E-state index contributed by atoms with van der Waals surface area (Å²) in [4.78, 5) is 7.39. The number of aromatic nitrogens is 2. The number of H-pyrrole nitrogens is 1. The molecule has 2 rings (SSSR count). The third-order valence-electron chi connectivity index (χ3n) is 2.12. The molecule has 1 heterocycles. The predicted molar refractivity (Wildman–Crippen MR) is 55.1 cm³/mol. The topological polar surface area (TPSA) is 48.9 Å². The van der Waals surface area contributed by atoms with Gasteiger partial charge in [-0.15, -0.1) is 0 Å². The van der Waals surface area contributed by atoms with Crippen molar-refractivity contribution in [2.75, 3.05) is 0 Å². The standard InChI is InChI=1S/C11H12N2O/c1-2-11-12-7-10(13-11)8-4-3-5-9(14)6-8/h3-7,14H,2H2,1H3,(H,12,13). The Bertz CT molecular complexity index is 434. The number of aryl methyl sites for hydroxylation is 1. The summed E-state index contributed by atoms with van der Waals surface area (Å²) in [6.45, 7) is 2.05. The molecule has 0 atom stereocenters. The Kier molecular flexibility index (Phi) is 2.23. The summed E-state index contributed by atoms with van der Waals surface area (Å²) in [5, 5.41) is 9.30. The van der Waals surface area contributed by atoms with Crippen molar-refractivity contribution in [2.45, 2.75) is 13.3 Å². The number of phenolic OH excluding ortho intramolecular Hbond substituents is 1. The lowest BCUT2D eigenvalue weighted by molar-refractivity contribution is 0.475. The van der Waals surface area contributed by atoms with Crippen LogP contribution < -0.4 is 0 Å². The Morgan fingerprint density at radius 1 is 1.43 bits per heavy atom. The van der Waals surface area contributed by atoms with Crippen LogP contribution in [0.3, 0.4) is 0 Å². The second kappa shape index (κ2) is 3.54. The summed E-state index contributed by atoms with van der Waals surface area (Å²) in [5.74, 6) is 1.23. The lowest BCUT2D eigenvalue weighted by atomic mass is 10.2. The van der Waals surface area contributed by atoms with Crippen LogP contribution in [0.1, 0.15) is 12.7 Å². The number of imidazole rings is 1. The number of nitrogens with one attached hydrogen (secondary N) is 1. The number of phenols is 1. The maximum atomic E-state index is 9.30. The van der Waals surface area contributed by atoms with Crippen molar-refractivity contribution in [2.24, 2.45) is 0 Å². The number of nitrogens with zero attached hydrogens (tertiary/aromatic N) is 1. The van der Waals surface area contributed by atoms with Gasteiger partial charge in [-0.05, 0) is 12.1 Å². The average Bonchev–Trinajstić information content (AvgIpc) is 2.66.